The van der Waals surface area contributed by atoms with Crippen LogP contribution in [-0.4, -0.2) is 55.1 Å². The predicted octanol–water partition coefficient (Wildman–Crippen LogP) is 1.67. The fourth-order valence-corrected chi connectivity index (χ4v) is 4.02. The average molecular weight is 333 g/mol. The second kappa shape index (κ2) is 8.08. The van der Waals surface area contributed by atoms with Crippen LogP contribution in [0.3, 0.4) is 0 Å². The van der Waals surface area contributed by atoms with Gasteiger partial charge in [-0.3, -0.25) is 4.98 Å². The maximum absolute atomic E-state index is 12.3. The molecule has 0 bridgehead atoms. The summed E-state index contributed by atoms with van der Waals surface area (Å²) in [6, 6.07) is 3.70. The molecule has 0 atom stereocenters. The summed E-state index contributed by atoms with van der Waals surface area (Å²) in [7, 11) is -3.19. The quantitative estimate of drug-likeness (QED) is 0.713. The van der Waals surface area contributed by atoms with E-state index in [0.717, 1.165) is 18.4 Å². The monoisotopic (exact) mass is 332 g/mol. The van der Waals surface area contributed by atoms with Gasteiger partial charge in [0, 0.05) is 31.4 Å². The van der Waals surface area contributed by atoms with Crippen LogP contribution in [0.2, 0.25) is 0 Å². The van der Waals surface area contributed by atoms with Crippen LogP contribution >= 0.6 is 11.6 Å². The summed E-state index contributed by atoms with van der Waals surface area (Å²) < 4.78 is 31.8. The third-order valence-electron chi connectivity index (χ3n) is 3.62. The summed E-state index contributed by atoms with van der Waals surface area (Å²) in [6.07, 6.45) is 5.50. The van der Waals surface area contributed by atoms with Gasteiger partial charge in [-0.15, -0.1) is 11.6 Å². The van der Waals surface area contributed by atoms with Crippen molar-refractivity contribution in [3.05, 3.63) is 30.1 Å². The number of hydrogen-bond acceptors (Lipinski definition) is 4. The Morgan fingerprint density at radius 1 is 1.29 bits per heavy atom. The van der Waals surface area contributed by atoms with Gasteiger partial charge in [0.2, 0.25) is 10.0 Å². The van der Waals surface area contributed by atoms with Gasteiger partial charge in [0.1, 0.15) is 0 Å². The Morgan fingerprint density at radius 2 is 1.95 bits per heavy atom. The molecule has 21 heavy (non-hydrogen) atoms. The lowest BCUT2D eigenvalue weighted by Gasteiger charge is -2.31. The molecular formula is C14H21ClN2O3S. The smallest absolute Gasteiger partial charge is 0.214 e. The molecule has 0 amide bonds. The molecule has 1 aromatic heterocycles. The molecule has 118 valence electrons. The highest BCUT2D eigenvalue weighted by Crippen LogP contribution is 2.17. The molecular weight excluding hydrogens is 312 g/mol. The molecule has 2 heterocycles. The Labute approximate surface area is 131 Å². The molecule has 0 N–H and O–H groups in total. The van der Waals surface area contributed by atoms with Crippen molar-refractivity contribution < 1.29 is 13.2 Å². The van der Waals surface area contributed by atoms with Gasteiger partial charge in [-0.1, -0.05) is 0 Å². The first kappa shape index (κ1) is 16.7. The van der Waals surface area contributed by atoms with Crippen LogP contribution in [-0.2, 0) is 21.2 Å². The van der Waals surface area contributed by atoms with E-state index in [2.05, 4.69) is 4.98 Å². The summed E-state index contributed by atoms with van der Waals surface area (Å²) >= 11 is 5.59. The highest BCUT2D eigenvalue weighted by atomic mass is 35.5. The predicted molar refractivity (Wildman–Crippen MR) is 83.0 cm³/mol. The van der Waals surface area contributed by atoms with Gasteiger partial charge in [0.25, 0.3) is 0 Å². The van der Waals surface area contributed by atoms with Crippen molar-refractivity contribution in [2.75, 3.05) is 31.3 Å². The lowest BCUT2D eigenvalue weighted by atomic mass is 10.1. The number of alkyl halides is 1. The normalized spacial score (nSPS) is 18.0. The third kappa shape index (κ3) is 5.21. The SMILES string of the molecule is O=S(=O)(CCc1ccncc1)N1CCC(OCCCl)CC1. The molecule has 1 fully saturated rings. The fraction of sp³-hybridized carbons (Fsp3) is 0.643. The largest absolute Gasteiger partial charge is 0.377 e. The minimum absolute atomic E-state index is 0.135. The van der Waals surface area contributed by atoms with Crippen molar-refractivity contribution in [1.82, 2.24) is 9.29 Å². The standard InChI is InChI=1S/C14H21ClN2O3S/c15-6-11-20-14-3-9-17(10-4-14)21(18,19)12-5-13-1-7-16-8-2-13/h1-2,7-8,14H,3-6,9-12H2. The zero-order chi connectivity index (χ0) is 15.1. The van der Waals surface area contributed by atoms with Gasteiger partial charge in [0.15, 0.2) is 0 Å². The Hall–Kier alpha value is -0.690. The van der Waals surface area contributed by atoms with Crippen LogP contribution < -0.4 is 0 Å². The van der Waals surface area contributed by atoms with Gasteiger partial charge in [-0.25, -0.2) is 12.7 Å². The summed E-state index contributed by atoms with van der Waals surface area (Å²) in [5.74, 6) is 0.620. The molecule has 0 aliphatic carbocycles. The highest BCUT2D eigenvalue weighted by molar-refractivity contribution is 7.89. The van der Waals surface area contributed by atoms with Gasteiger partial charge >= 0.3 is 0 Å². The van der Waals surface area contributed by atoms with Crippen molar-refractivity contribution in [2.24, 2.45) is 0 Å². The molecule has 1 aliphatic rings. The molecule has 0 unspecified atom stereocenters. The van der Waals surface area contributed by atoms with Gasteiger partial charge in [0.05, 0.1) is 18.5 Å². The van der Waals surface area contributed by atoms with Crippen molar-refractivity contribution in [2.45, 2.75) is 25.4 Å². The van der Waals surface area contributed by atoms with E-state index >= 15 is 0 Å². The number of nitrogens with zero attached hydrogens (tertiary/aromatic N) is 2. The van der Waals surface area contributed by atoms with Gasteiger partial charge in [-0.2, -0.15) is 0 Å². The van der Waals surface area contributed by atoms with Crippen LogP contribution in [0.25, 0.3) is 0 Å². The zero-order valence-corrected chi connectivity index (χ0v) is 13.5. The fourth-order valence-electron chi connectivity index (χ4n) is 2.41. The number of pyridine rings is 1. The van der Waals surface area contributed by atoms with E-state index in [1.807, 2.05) is 12.1 Å². The molecule has 0 radical (unpaired) electrons. The maximum Gasteiger partial charge on any atom is 0.214 e. The first-order chi connectivity index (χ1) is 10.1. The van der Waals surface area contributed by atoms with Gasteiger partial charge in [-0.05, 0) is 37.0 Å². The Kier molecular flexibility index (Phi) is 6.41. The zero-order valence-electron chi connectivity index (χ0n) is 11.9. The maximum atomic E-state index is 12.3. The Morgan fingerprint density at radius 3 is 2.57 bits per heavy atom. The lowest BCUT2D eigenvalue weighted by Crippen LogP contribution is -2.42. The molecule has 5 nitrogen and oxygen atoms in total. The Bertz CT molecular complexity index is 516. The van der Waals surface area contributed by atoms with Crippen molar-refractivity contribution in [1.29, 1.82) is 0 Å². The highest BCUT2D eigenvalue weighted by Gasteiger charge is 2.27. The second-order valence-electron chi connectivity index (χ2n) is 5.08. The number of hydrogen-bond donors (Lipinski definition) is 0. The topological polar surface area (TPSA) is 59.5 Å². The summed E-state index contributed by atoms with van der Waals surface area (Å²) in [6.45, 7) is 1.60. The van der Waals surface area contributed by atoms with E-state index in [0.29, 0.717) is 32.0 Å². The van der Waals surface area contributed by atoms with Crippen LogP contribution in [0, 0.1) is 0 Å². The molecule has 7 heteroatoms. The molecule has 0 aromatic carbocycles. The number of ether oxygens (including phenoxy) is 1. The van der Waals surface area contributed by atoms with Crippen molar-refractivity contribution in [3.8, 4) is 0 Å². The van der Waals surface area contributed by atoms with Gasteiger partial charge < -0.3 is 4.74 Å². The molecule has 2 rings (SSSR count). The minimum Gasteiger partial charge on any atom is -0.377 e. The molecule has 1 saturated heterocycles. The van der Waals surface area contributed by atoms with Crippen LogP contribution in [0.4, 0.5) is 0 Å². The summed E-state index contributed by atoms with van der Waals surface area (Å²) in [5.41, 5.74) is 0.994. The number of sulfonamides is 1. The molecule has 1 aromatic rings. The van der Waals surface area contributed by atoms with E-state index in [4.69, 9.17) is 16.3 Å². The first-order valence-electron chi connectivity index (χ1n) is 7.16. The van der Waals surface area contributed by atoms with E-state index < -0.39 is 10.0 Å². The number of piperidine rings is 1. The van der Waals surface area contributed by atoms with Crippen LogP contribution in [0.1, 0.15) is 18.4 Å². The molecule has 1 aliphatic heterocycles. The van der Waals surface area contributed by atoms with Crippen molar-refractivity contribution in [3.63, 3.8) is 0 Å². The number of halogens is 1. The van der Waals surface area contributed by atoms with E-state index in [1.54, 1.807) is 16.7 Å². The summed E-state index contributed by atoms with van der Waals surface area (Å²) in [4.78, 5) is 3.93. The lowest BCUT2D eigenvalue weighted by molar-refractivity contribution is 0.0301. The van der Waals surface area contributed by atoms with Crippen LogP contribution in [0.15, 0.2) is 24.5 Å². The minimum atomic E-state index is -3.19. The third-order valence-corrected chi connectivity index (χ3v) is 5.65. The first-order valence-corrected chi connectivity index (χ1v) is 9.30. The number of aromatic nitrogens is 1. The van der Waals surface area contributed by atoms with E-state index in [1.165, 1.54) is 0 Å². The van der Waals surface area contributed by atoms with E-state index in [-0.39, 0.29) is 11.9 Å². The second-order valence-corrected chi connectivity index (χ2v) is 7.55. The number of aryl methyl sites for hydroxylation is 1. The molecule has 0 saturated carbocycles. The van der Waals surface area contributed by atoms with Crippen molar-refractivity contribution >= 4 is 21.6 Å². The molecule has 0 spiro atoms. The van der Waals surface area contributed by atoms with E-state index in [9.17, 15) is 8.42 Å². The Balaban J connectivity index is 1.81. The number of rotatable bonds is 7. The average Bonchev–Trinajstić information content (AvgIpc) is 2.52. The van der Waals surface area contributed by atoms with Crippen LogP contribution in [0.5, 0.6) is 0 Å². The summed E-state index contributed by atoms with van der Waals surface area (Å²) in [5, 5.41) is 0.